The topological polar surface area (TPSA) is 27.3 Å². The van der Waals surface area contributed by atoms with Gasteiger partial charge in [0.25, 0.3) is 0 Å². The zero-order valence-electron chi connectivity index (χ0n) is 11.7. The van der Waals surface area contributed by atoms with Gasteiger partial charge in [-0.2, -0.15) is 0 Å². The van der Waals surface area contributed by atoms with Gasteiger partial charge in [-0.05, 0) is 19.3 Å². The number of rotatable bonds is 4. The average molecular weight is 227 g/mol. The van der Waals surface area contributed by atoms with Gasteiger partial charge in [-0.25, -0.2) is 0 Å². The fourth-order valence-corrected chi connectivity index (χ4v) is 2.13. The molecule has 3 nitrogen and oxygen atoms in total. The third-order valence-electron chi connectivity index (χ3n) is 3.19. The SMILES string of the molecule is CC(C)(C)CNCC(C)(C)N1CCNCC1. The normalized spacial score (nSPS) is 20.1. The molecular formula is C13H29N3. The Morgan fingerprint density at radius 2 is 1.56 bits per heavy atom. The Hall–Kier alpha value is -0.120. The highest BCUT2D eigenvalue weighted by Crippen LogP contribution is 2.15. The molecule has 96 valence electrons. The van der Waals surface area contributed by atoms with Gasteiger partial charge in [0, 0.05) is 44.8 Å². The molecule has 1 rings (SSSR count). The number of nitrogens with one attached hydrogen (secondary N) is 2. The zero-order chi connectivity index (χ0) is 12.2. The van der Waals surface area contributed by atoms with E-state index >= 15 is 0 Å². The second kappa shape index (κ2) is 5.48. The summed E-state index contributed by atoms with van der Waals surface area (Å²) in [6, 6.07) is 0. The summed E-state index contributed by atoms with van der Waals surface area (Å²) in [6.07, 6.45) is 0. The molecule has 1 aliphatic rings. The summed E-state index contributed by atoms with van der Waals surface area (Å²) in [7, 11) is 0. The van der Waals surface area contributed by atoms with Gasteiger partial charge < -0.3 is 10.6 Å². The van der Waals surface area contributed by atoms with Crippen LogP contribution in [0.2, 0.25) is 0 Å². The molecule has 1 fully saturated rings. The minimum atomic E-state index is 0.271. The van der Waals surface area contributed by atoms with E-state index in [0.717, 1.165) is 26.2 Å². The third kappa shape index (κ3) is 4.81. The summed E-state index contributed by atoms with van der Waals surface area (Å²) < 4.78 is 0. The van der Waals surface area contributed by atoms with E-state index in [9.17, 15) is 0 Å². The summed E-state index contributed by atoms with van der Waals surface area (Å²) in [4.78, 5) is 2.58. The van der Waals surface area contributed by atoms with Crippen molar-refractivity contribution < 1.29 is 0 Å². The first kappa shape index (κ1) is 13.9. The van der Waals surface area contributed by atoms with Gasteiger partial charge in [-0.3, -0.25) is 4.90 Å². The lowest BCUT2D eigenvalue weighted by Crippen LogP contribution is -2.57. The van der Waals surface area contributed by atoms with Crippen LogP contribution in [0.5, 0.6) is 0 Å². The first-order chi connectivity index (χ1) is 7.31. The maximum Gasteiger partial charge on any atom is 0.0278 e. The van der Waals surface area contributed by atoms with E-state index in [2.05, 4.69) is 50.2 Å². The molecule has 16 heavy (non-hydrogen) atoms. The Balaban J connectivity index is 2.32. The van der Waals surface area contributed by atoms with Gasteiger partial charge >= 0.3 is 0 Å². The monoisotopic (exact) mass is 227 g/mol. The molecule has 0 radical (unpaired) electrons. The summed E-state index contributed by atoms with van der Waals surface area (Å²) in [5.41, 5.74) is 0.646. The van der Waals surface area contributed by atoms with E-state index in [1.165, 1.54) is 13.1 Å². The summed E-state index contributed by atoms with van der Waals surface area (Å²) >= 11 is 0. The zero-order valence-corrected chi connectivity index (χ0v) is 11.7. The summed E-state index contributed by atoms with van der Waals surface area (Å²) in [6.45, 7) is 18.3. The van der Waals surface area contributed by atoms with Gasteiger partial charge in [-0.15, -0.1) is 0 Å². The fraction of sp³-hybridized carbons (Fsp3) is 1.00. The van der Waals surface area contributed by atoms with E-state index in [-0.39, 0.29) is 5.54 Å². The highest BCUT2D eigenvalue weighted by molar-refractivity contribution is 4.87. The molecule has 0 aromatic rings. The van der Waals surface area contributed by atoms with Crippen molar-refractivity contribution in [1.29, 1.82) is 0 Å². The molecule has 0 aliphatic carbocycles. The molecule has 0 atom stereocenters. The Morgan fingerprint density at radius 3 is 2.06 bits per heavy atom. The van der Waals surface area contributed by atoms with Crippen LogP contribution in [0.1, 0.15) is 34.6 Å². The van der Waals surface area contributed by atoms with E-state index in [1.807, 2.05) is 0 Å². The second-order valence-electron chi connectivity index (χ2n) is 6.71. The smallest absolute Gasteiger partial charge is 0.0278 e. The molecule has 0 unspecified atom stereocenters. The van der Waals surface area contributed by atoms with Crippen LogP contribution >= 0.6 is 0 Å². The van der Waals surface area contributed by atoms with Crippen LogP contribution in [0.4, 0.5) is 0 Å². The van der Waals surface area contributed by atoms with Crippen LogP contribution in [0.3, 0.4) is 0 Å². The Morgan fingerprint density at radius 1 is 1.00 bits per heavy atom. The first-order valence-corrected chi connectivity index (χ1v) is 6.48. The molecule has 0 spiro atoms. The van der Waals surface area contributed by atoms with Crippen molar-refractivity contribution in [1.82, 2.24) is 15.5 Å². The molecule has 0 saturated carbocycles. The second-order valence-corrected chi connectivity index (χ2v) is 6.71. The average Bonchev–Trinajstić information content (AvgIpc) is 2.17. The molecule has 3 heteroatoms. The molecule has 1 saturated heterocycles. The van der Waals surface area contributed by atoms with Crippen LogP contribution in [0, 0.1) is 5.41 Å². The fourth-order valence-electron chi connectivity index (χ4n) is 2.13. The molecule has 0 aromatic carbocycles. The Kier molecular flexibility index (Phi) is 4.77. The van der Waals surface area contributed by atoms with Crippen LogP contribution < -0.4 is 10.6 Å². The summed E-state index contributed by atoms with van der Waals surface area (Å²) in [5.74, 6) is 0. The number of hydrogen-bond acceptors (Lipinski definition) is 3. The maximum absolute atomic E-state index is 3.60. The van der Waals surface area contributed by atoms with Crippen molar-refractivity contribution in [3.63, 3.8) is 0 Å². The molecule has 0 bridgehead atoms. The highest BCUT2D eigenvalue weighted by atomic mass is 15.2. The van der Waals surface area contributed by atoms with Crippen molar-refractivity contribution in [2.45, 2.75) is 40.2 Å². The van der Waals surface area contributed by atoms with Crippen molar-refractivity contribution in [3.05, 3.63) is 0 Å². The largest absolute Gasteiger partial charge is 0.314 e. The van der Waals surface area contributed by atoms with E-state index in [1.54, 1.807) is 0 Å². The van der Waals surface area contributed by atoms with Crippen LogP contribution in [0.25, 0.3) is 0 Å². The van der Waals surface area contributed by atoms with Crippen molar-refractivity contribution in [2.75, 3.05) is 39.3 Å². The van der Waals surface area contributed by atoms with Crippen LogP contribution in [-0.4, -0.2) is 49.7 Å². The van der Waals surface area contributed by atoms with Gasteiger partial charge in [-0.1, -0.05) is 20.8 Å². The number of hydrogen-bond donors (Lipinski definition) is 2. The Labute approximate surface area is 101 Å². The van der Waals surface area contributed by atoms with Crippen molar-refractivity contribution in [3.8, 4) is 0 Å². The predicted octanol–water partition coefficient (Wildman–Crippen LogP) is 1.31. The molecule has 0 amide bonds. The van der Waals surface area contributed by atoms with Crippen LogP contribution in [0.15, 0.2) is 0 Å². The minimum Gasteiger partial charge on any atom is -0.314 e. The van der Waals surface area contributed by atoms with Gasteiger partial charge in [0.15, 0.2) is 0 Å². The van der Waals surface area contributed by atoms with E-state index in [4.69, 9.17) is 0 Å². The highest BCUT2D eigenvalue weighted by Gasteiger charge is 2.27. The molecule has 0 aromatic heterocycles. The summed E-state index contributed by atoms with van der Waals surface area (Å²) in [5, 5.41) is 7.01. The van der Waals surface area contributed by atoms with Crippen molar-refractivity contribution >= 4 is 0 Å². The number of piperazine rings is 1. The standard InChI is InChI=1S/C13H29N3/c1-12(2,3)10-15-11-13(4,5)16-8-6-14-7-9-16/h14-15H,6-11H2,1-5H3. The maximum atomic E-state index is 3.60. The number of nitrogens with zero attached hydrogens (tertiary/aromatic N) is 1. The lowest BCUT2D eigenvalue weighted by Gasteiger charge is -2.41. The van der Waals surface area contributed by atoms with Gasteiger partial charge in [0.1, 0.15) is 0 Å². The molecule has 1 aliphatic heterocycles. The minimum absolute atomic E-state index is 0.271. The Bertz CT molecular complexity index is 200. The molecular weight excluding hydrogens is 198 g/mol. The quantitative estimate of drug-likeness (QED) is 0.758. The van der Waals surface area contributed by atoms with E-state index < -0.39 is 0 Å². The van der Waals surface area contributed by atoms with Crippen molar-refractivity contribution in [2.24, 2.45) is 5.41 Å². The predicted molar refractivity (Wildman–Crippen MR) is 70.8 cm³/mol. The van der Waals surface area contributed by atoms with Crippen LogP contribution in [-0.2, 0) is 0 Å². The molecule has 1 heterocycles. The third-order valence-corrected chi connectivity index (χ3v) is 3.19. The van der Waals surface area contributed by atoms with E-state index in [0.29, 0.717) is 5.41 Å². The lowest BCUT2D eigenvalue weighted by molar-refractivity contribution is 0.1000. The molecule has 2 N–H and O–H groups in total. The first-order valence-electron chi connectivity index (χ1n) is 6.48. The van der Waals surface area contributed by atoms with Gasteiger partial charge in [0.2, 0.25) is 0 Å². The van der Waals surface area contributed by atoms with Gasteiger partial charge in [0.05, 0.1) is 0 Å². The lowest BCUT2D eigenvalue weighted by atomic mass is 9.95.